The molecule has 0 fully saturated rings. The summed E-state index contributed by atoms with van der Waals surface area (Å²) in [5.74, 6) is 0. The fourth-order valence-corrected chi connectivity index (χ4v) is 10.5. The monoisotopic (exact) mass is 768 g/mol. The van der Waals surface area contributed by atoms with Gasteiger partial charge in [-0.15, -0.1) is 11.3 Å². The van der Waals surface area contributed by atoms with Crippen LogP contribution in [0.25, 0.3) is 91.5 Å². The molecule has 2 nitrogen and oxygen atoms in total. The molecular formula is C56H36N2S. The van der Waals surface area contributed by atoms with Crippen molar-refractivity contribution < 1.29 is 0 Å². The Morgan fingerprint density at radius 3 is 1.73 bits per heavy atom. The highest BCUT2D eigenvalue weighted by atomic mass is 32.1. The fraction of sp³-hybridized carbons (Fsp3) is 0. The zero-order valence-corrected chi connectivity index (χ0v) is 32.9. The molecule has 0 amide bonds. The van der Waals surface area contributed by atoms with Gasteiger partial charge in [0, 0.05) is 47.9 Å². The van der Waals surface area contributed by atoms with Gasteiger partial charge in [-0.1, -0.05) is 152 Å². The molecule has 10 aromatic carbocycles. The highest BCUT2D eigenvalue weighted by molar-refractivity contribution is 7.26. The predicted octanol–water partition coefficient (Wildman–Crippen LogP) is 16.3. The van der Waals surface area contributed by atoms with E-state index in [-0.39, 0.29) is 0 Å². The molecule has 0 aliphatic carbocycles. The van der Waals surface area contributed by atoms with E-state index in [2.05, 4.69) is 228 Å². The van der Waals surface area contributed by atoms with Crippen molar-refractivity contribution in [3.8, 4) is 27.9 Å². The Balaban J connectivity index is 1.14. The van der Waals surface area contributed by atoms with Crippen LogP contribution in [0.4, 0.5) is 17.1 Å². The van der Waals surface area contributed by atoms with E-state index in [9.17, 15) is 0 Å². The Morgan fingerprint density at radius 1 is 0.356 bits per heavy atom. The smallest absolute Gasteiger partial charge is 0.0555 e. The lowest BCUT2D eigenvalue weighted by Gasteiger charge is -2.30. The van der Waals surface area contributed by atoms with Crippen molar-refractivity contribution in [2.24, 2.45) is 0 Å². The summed E-state index contributed by atoms with van der Waals surface area (Å²) >= 11 is 1.86. The number of aromatic nitrogens is 1. The second-order valence-electron chi connectivity index (χ2n) is 15.3. The van der Waals surface area contributed by atoms with E-state index < -0.39 is 0 Å². The molecule has 0 saturated heterocycles. The van der Waals surface area contributed by atoms with E-state index in [1.807, 2.05) is 11.3 Å². The second-order valence-corrected chi connectivity index (χ2v) is 16.3. The molecule has 12 rings (SSSR count). The summed E-state index contributed by atoms with van der Waals surface area (Å²) in [6, 6.07) is 80.1. The standard InChI is InChI=1S/C56H36N2S/c1-2-15-37(16-3-1)43-34-29-39(49-35-38-17-4-5-18-42(38)44-19-6-7-20-45(44)49)36-53(43)58(52-26-14-28-55-56(52)48-23-10-13-27-54(48)59-55)41-32-30-40(31-33-41)57-50-24-11-8-21-46(50)47-22-9-12-25-51(47)57/h1-36H. The number of fused-ring (bicyclic) bond motifs is 9. The van der Waals surface area contributed by atoms with Crippen LogP contribution >= 0.6 is 11.3 Å². The van der Waals surface area contributed by atoms with E-state index >= 15 is 0 Å². The molecule has 0 spiro atoms. The summed E-state index contributed by atoms with van der Waals surface area (Å²) in [6.45, 7) is 0. The summed E-state index contributed by atoms with van der Waals surface area (Å²) in [5.41, 5.74) is 11.6. The lowest BCUT2D eigenvalue weighted by molar-refractivity contribution is 1.17. The highest BCUT2D eigenvalue weighted by Crippen LogP contribution is 2.49. The fourth-order valence-electron chi connectivity index (χ4n) is 9.34. The molecule has 2 aromatic heterocycles. The molecular weight excluding hydrogens is 733 g/mol. The minimum Gasteiger partial charge on any atom is -0.309 e. The zero-order valence-electron chi connectivity index (χ0n) is 32.1. The molecule has 0 unspecified atom stereocenters. The van der Waals surface area contributed by atoms with Gasteiger partial charge in [0.05, 0.1) is 22.4 Å². The first kappa shape index (κ1) is 33.7. The van der Waals surface area contributed by atoms with Gasteiger partial charge in [-0.05, 0) is 105 Å². The average Bonchev–Trinajstić information content (AvgIpc) is 3.86. The van der Waals surface area contributed by atoms with Crippen molar-refractivity contribution in [1.29, 1.82) is 0 Å². The molecule has 0 aliphatic rings. The van der Waals surface area contributed by atoms with Crippen molar-refractivity contribution in [2.75, 3.05) is 4.90 Å². The van der Waals surface area contributed by atoms with Gasteiger partial charge < -0.3 is 9.47 Å². The Labute approximate surface area is 346 Å². The van der Waals surface area contributed by atoms with Crippen LogP contribution in [0, 0.1) is 0 Å². The number of hydrogen-bond donors (Lipinski definition) is 0. The van der Waals surface area contributed by atoms with Crippen LogP contribution in [0.5, 0.6) is 0 Å². The minimum atomic E-state index is 1.09. The minimum absolute atomic E-state index is 1.09. The summed E-state index contributed by atoms with van der Waals surface area (Å²) in [7, 11) is 0. The Hall–Kier alpha value is -7.46. The van der Waals surface area contributed by atoms with Crippen LogP contribution in [0.2, 0.25) is 0 Å². The molecule has 0 atom stereocenters. The van der Waals surface area contributed by atoms with E-state index in [0.29, 0.717) is 0 Å². The average molecular weight is 769 g/mol. The number of thiophene rings is 1. The first-order valence-electron chi connectivity index (χ1n) is 20.2. The Bertz CT molecular complexity index is 3500. The van der Waals surface area contributed by atoms with Crippen molar-refractivity contribution in [3.63, 3.8) is 0 Å². The maximum absolute atomic E-state index is 2.51. The largest absolute Gasteiger partial charge is 0.309 e. The summed E-state index contributed by atoms with van der Waals surface area (Å²) < 4.78 is 4.96. The lowest BCUT2D eigenvalue weighted by atomic mass is 9.91. The third-order valence-electron chi connectivity index (χ3n) is 12.0. The van der Waals surface area contributed by atoms with E-state index in [4.69, 9.17) is 0 Å². The second kappa shape index (κ2) is 13.6. The number of nitrogens with zero attached hydrogens (tertiary/aromatic N) is 2. The molecule has 2 heterocycles. The first-order valence-corrected chi connectivity index (χ1v) is 21.0. The van der Waals surface area contributed by atoms with Crippen molar-refractivity contribution >= 4 is 91.9 Å². The van der Waals surface area contributed by atoms with Gasteiger partial charge in [0.2, 0.25) is 0 Å². The van der Waals surface area contributed by atoms with Crippen LogP contribution < -0.4 is 4.90 Å². The molecule has 0 aliphatic heterocycles. The van der Waals surface area contributed by atoms with Crippen molar-refractivity contribution in [2.45, 2.75) is 0 Å². The van der Waals surface area contributed by atoms with E-state index in [1.165, 1.54) is 85.8 Å². The normalized spacial score (nSPS) is 11.7. The molecule has 276 valence electrons. The van der Waals surface area contributed by atoms with Gasteiger partial charge in [-0.25, -0.2) is 0 Å². The van der Waals surface area contributed by atoms with Gasteiger partial charge in [0.1, 0.15) is 0 Å². The number of hydrogen-bond acceptors (Lipinski definition) is 2. The number of rotatable bonds is 6. The Morgan fingerprint density at radius 2 is 0.966 bits per heavy atom. The lowest BCUT2D eigenvalue weighted by Crippen LogP contribution is -2.12. The van der Waals surface area contributed by atoms with Gasteiger partial charge in [-0.2, -0.15) is 0 Å². The topological polar surface area (TPSA) is 8.17 Å². The quantitative estimate of drug-likeness (QED) is 0.153. The molecule has 59 heavy (non-hydrogen) atoms. The van der Waals surface area contributed by atoms with Crippen molar-refractivity contribution in [3.05, 3.63) is 218 Å². The highest BCUT2D eigenvalue weighted by Gasteiger charge is 2.23. The van der Waals surface area contributed by atoms with E-state index in [0.717, 1.165) is 22.7 Å². The predicted molar refractivity (Wildman–Crippen MR) is 254 cm³/mol. The molecule has 0 bridgehead atoms. The Kier molecular flexibility index (Phi) is 7.75. The first-order chi connectivity index (χ1) is 29.3. The van der Waals surface area contributed by atoms with Crippen LogP contribution in [-0.4, -0.2) is 4.57 Å². The van der Waals surface area contributed by atoms with Gasteiger partial charge in [-0.3, -0.25) is 0 Å². The van der Waals surface area contributed by atoms with Gasteiger partial charge in [0.25, 0.3) is 0 Å². The summed E-state index contributed by atoms with van der Waals surface area (Å²) in [6.07, 6.45) is 0. The van der Waals surface area contributed by atoms with Gasteiger partial charge in [0.15, 0.2) is 0 Å². The van der Waals surface area contributed by atoms with Crippen LogP contribution in [-0.2, 0) is 0 Å². The van der Waals surface area contributed by atoms with Crippen LogP contribution in [0.15, 0.2) is 218 Å². The van der Waals surface area contributed by atoms with Crippen LogP contribution in [0.3, 0.4) is 0 Å². The number of anilines is 3. The maximum atomic E-state index is 2.51. The number of benzene rings is 10. The molecule has 0 N–H and O–H groups in total. The summed E-state index contributed by atoms with van der Waals surface area (Å²) in [5, 5.41) is 10.1. The number of para-hydroxylation sites is 2. The van der Waals surface area contributed by atoms with Crippen LogP contribution in [0.1, 0.15) is 0 Å². The van der Waals surface area contributed by atoms with Crippen molar-refractivity contribution in [1.82, 2.24) is 4.57 Å². The molecule has 12 aromatic rings. The molecule has 3 heteroatoms. The van der Waals surface area contributed by atoms with Gasteiger partial charge >= 0.3 is 0 Å². The summed E-state index contributed by atoms with van der Waals surface area (Å²) in [4.78, 5) is 2.51. The SMILES string of the molecule is c1ccc(-c2ccc(-c3cc4ccccc4c4ccccc34)cc2N(c2ccc(-n3c4ccccc4c4ccccc43)cc2)c2cccc3sc4ccccc4c23)cc1. The van der Waals surface area contributed by atoms with E-state index in [1.54, 1.807) is 0 Å². The zero-order chi connectivity index (χ0) is 38.9. The third-order valence-corrected chi connectivity index (χ3v) is 13.1. The molecule has 0 radical (unpaired) electrons. The third kappa shape index (κ3) is 5.40. The molecule has 0 saturated carbocycles. The maximum Gasteiger partial charge on any atom is 0.0555 e.